The van der Waals surface area contributed by atoms with E-state index in [9.17, 15) is 8.42 Å². The van der Waals surface area contributed by atoms with Gasteiger partial charge in [0, 0.05) is 0 Å². The summed E-state index contributed by atoms with van der Waals surface area (Å²) >= 11 is 0. The first-order valence-corrected chi connectivity index (χ1v) is 8.35. The van der Waals surface area contributed by atoms with Crippen molar-refractivity contribution in [3.63, 3.8) is 0 Å². The van der Waals surface area contributed by atoms with Crippen LogP contribution in [0.4, 0.5) is 0 Å². The summed E-state index contributed by atoms with van der Waals surface area (Å²) in [7, 11) is -3.58. The van der Waals surface area contributed by atoms with Gasteiger partial charge in [-0.3, -0.25) is 0 Å². The first-order chi connectivity index (χ1) is 8.20. The van der Waals surface area contributed by atoms with Crippen molar-refractivity contribution in [1.82, 2.24) is 0 Å². The third-order valence-corrected chi connectivity index (χ3v) is 6.32. The third kappa shape index (κ3) is 4.21. The van der Waals surface area contributed by atoms with Crippen LogP contribution in [0, 0.1) is 5.41 Å². The van der Waals surface area contributed by atoms with Gasteiger partial charge in [-0.2, -0.15) is 0 Å². The lowest BCUT2D eigenvalue weighted by molar-refractivity contribution is 0.0327. The van der Waals surface area contributed by atoms with Gasteiger partial charge in [0.15, 0.2) is 0 Å². The van der Waals surface area contributed by atoms with E-state index >= 15 is 0 Å². The van der Waals surface area contributed by atoms with Gasteiger partial charge in [-0.15, -0.1) is 0 Å². The van der Waals surface area contributed by atoms with Gasteiger partial charge in [0.05, 0.1) is 13.2 Å². The van der Waals surface area contributed by atoms with Crippen LogP contribution in [0.5, 0.6) is 0 Å². The molecule has 0 saturated carbocycles. The zero-order valence-electron chi connectivity index (χ0n) is 12.5. The smallest absolute Gasteiger partial charge is 0.217 e. The zero-order valence-corrected chi connectivity index (χ0v) is 13.3. The van der Waals surface area contributed by atoms with Crippen LogP contribution >= 0.6 is 0 Å². The lowest BCUT2D eigenvalue weighted by Crippen LogP contribution is -2.47. The van der Waals surface area contributed by atoms with Gasteiger partial charge in [0.25, 0.3) is 0 Å². The maximum Gasteiger partial charge on any atom is 0.217 e. The highest BCUT2D eigenvalue weighted by Crippen LogP contribution is 2.28. The highest BCUT2D eigenvalue weighted by Gasteiger charge is 2.39. The van der Waals surface area contributed by atoms with E-state index in [1.165, 1.54) is 0 Å². The molecule has 0 fully saturated rings. The molecule has 0 rings (SSSR count). The third-order valence-electron chi connectivity index (χ3n) is 4.41. The minimum absolute atomic E-state index is 0.117. The largest absolute Gasteiger partial charge is 0.379 e. The van der Waals surface area contributed by atoms with Crippen molar-refractivity contribution in [1.29, 1.82) is 0 Å². The topological polar surface area (TPSA) is 69.4 Å². The molecule has 0 heterocycles. The van der Waals surface area contributed by atoms with Gasteiger partial charge in [-0.05, 0) is 31.1 Å². The van der Waals surface area contributed by atoms with E-state index in [1.807, 2.05) is 13.8 Å². The maximum atomic E-state index is 11.7. The molecule has 0 aliphatic rings. The van der Waals surface area contributed by atoms with Crippen molar-refractivity contribution >= 4 is 10.0 Å². The van der Waals surface area contributed by atoms with Crippen LogP contribution in [0.25, 0.3) is 0 Å². The van der Waals surface area contributed by atoms with Crippen LogP contribution in [-0.2, 0) is 14.8 Å². The summed E-state index contributed by atoms with van der Waals surface area (Å²) in [5, 5.41) is 5.34. The molecule has 0 amide bonds. The Bertz CT molecular complexity index is 330. The molecule has 0 aromatic carbocycles. The quantitative estimate of drug-likeness (QED) is 0.705. The number of ether oxygens (including phenoxy) is 1. The molecule has 0 aromatic rings. The number of hydrogen-bond donors (Lipinski definition) is 1. The van der Waals surface area contributed by atoms with E-state index < -0.39 is 14.8 Å². The molecular formula is C13H29NO3S. The van der Waals surface area contributed by atoms with Gasteiger partial charge in [0.2, 0.25) is 10.0 Å². The Balaban J connectivity index is 4.67. The van der Waals surface area contributed by atoms with Crippen molar-refractivity contribution in [2.75, 3.05) is 13.2 Å². The molecule has 0 bridgehead atoms. The summed E-state index contributed by atoms with van der Waals surface area (Å²) in [5.41, 5.74) is 0.117. The minimum Gasteiger partial charge on any atom is -0.379 e. The molecule has 0 aliphatic carbocycles. The van der Waals surface area contributed by atoms with E-state index in [-0.39, 0.29) is 12.0 Å². The molecule has 110 valence electrons. The normalized spacial score (nSPS) is 13.9. The number of primary sulfonamides is 1. The van der Waals surface area contributed by atoms with Gasteiger partial charge in [0.1, 0.15) is 4.75 Å². The molecule has 0 atom stereocenters. The van der Waals surface area contributed by atoms with Crippen LogP contribution in [0.2, 0.25) is 0 Å². The molecule has 0 radical (unpaired) electrons. The number of rotatable bonds is 9. The molecule has 2 N–H and O–H groups in total. The van der Waals surface area contributed by atoms with Crippen LogP contribution in [0.1, 0.15) is 60.3 Å². The second kappa shape index (κ2) is 6.87. The summed E-state index contributed by atoms with van der Waals surface area (Å²) < 4.78 is 28.2. The summed E-state index contributed by atoms with van der Waals surface area (Å²) in [6.45, 7) is 10.9. The van der Waals surface area contributed by atoms with Gasteiger partial charge >= 0.3 is 0 Å². The van der Waals surface area contributed by atoms with Crippen molar-refractivity contribution < 1.29 is 13.2 Å². The summed E-state index contributed by atoms with van der Waals surface area (Å²) in [6.07, 6.45) is 3.00. The van der Waals surface area contributed by atoms with Crippen molar-refractivity contribution in [2.45, 2.75) is 65.0 Å². The number of nitrogens with two attached hydrogens (primary N) is 1. The SMILES string of the molecule is CCC(C)(CC)COCC(CC)(CC)S(N)(=O)=O. The summed E-state index contributed by atoms with van der Waals surface area (Å²) in [4.78, 5) is 0. The molecule has 0 saturated heterocycles. The van der Waals surface area contributed by atoms with Gasteiger partial charge in [-0.1, -0.05) is 34.6 Å². The number of hydrogen-bond acceptors (Lipinski definition) is 3. The Labute approximate surface area is 112 Å². The molecular weight excluding hydrogens is 250 g/mol. The fraction of sp³-hybridized carbons (Fsp3) is 1.00. The van der Waals surface area contributed by atoms with E-state index in [0.717, 1.165) is 12.8 Å². The molecule has 0 aromatic heterocycles. The fourth-order valence-electron chi connectivity index (χ4n) is 1.88. The van der Waals surface area contributed by atoms with E-state index in [4.69, 9.17) is 9.88 Å². The Morgan fingerprint density at radius 1 is 0.944 bits per heavy atom. The van der Waals surface area contributed by atoms with Crippen LogP contribution in [-0.4, -0.2) is 26.4 Å². The Kier molecular flexibility index (Phi) is 6.82. The lowest BCUT2D eigenvalue weighted by Gasteiger charge is -2.32. The second-order valence-corrected chi connectivity index (χ2v) is 7.40. The highest BCUT2D eigenvalue weighted by molar-refractivity contribution is 7.90. The zero-order chi connectivity index (χ0) is 14.4. The standard InChI is InChI=1S/C13H29NO3S/c1-6-12(5,7-2)10-17-11-13(8-3,9-4)18(14,15)16/h6-11H2,1-5H3,(H2,14,15,16). The van der Waals surface area contributed by atoms with Crippen LogP contribution < -0.4 is 5.14 Å². The average Bonchev–Trinajstić information content (AvgIpc) is 2.33. The van der Waals surface area contributed by atoms with E-state index in [1.54, 1.807) is 0 Å². The van der Waals surface area contributed by atoms with Crippen molar-refractivity contribution in [3.8, 4) is 0 Å². The highest BCUT2D eigenvalue weighted by atomic mass is 32.2. The molecule has 0 aliphatic heterocycles. The Hall–Kier alpha value is -0.130. The van der Waals surface area contributed by atoms with Crippen LogP contribution in [0.15, 0.2) is 0 Å². The first-order valence-electron chi connectivity index (χ1n) is 6.80. The molecule has 18 heavy (non-hydrogen) atoms. The molecule has 4 nitrogen and oxygen atoms in total. The van der Waals surface area contributed by atoms with Crippen molar-refractivity contribution in [3.05, 3.63) is 0 Å². The minimum atomic E-state index is -3.58. The predicted molar refractivity (Wildman–Crippen MR) is 75.9 cm³/mol. The van der Waals surface area contributed by atoms with Gasteiger partial charge < -0.3 is 4.74 Å². The molecule has 5 heteroatoms. The summed E-state index contributed by atoms with van der Waals surface area (Å²) in [5.74, 6) is 0. The van der Waals surface area contributed by atoms with Crippen LogP contribution in [0.3, 0.4) is 0 Å². The van der Waals surface area contributed by atoms with Crippen molar-refractivity contribution in [2.24, 2.45) is 10.6 Å². The second-order valence-electron chi connectivity index (χ2n) is 5.45. The summed E-state index contributed by atoms with van der Waals surface area (Å²) in [6, 6.07) is 0. The fourth-order valence-corrected chi connectivity index (χ4v) is 2.93. The average molecular weight is 279 g/mol. The molecule has 0 unspecified atom stereocenters. The number of sulfonamides is 1. The monoisotopic (exact) mass is 279 g/mol. The Morgan fingerprint density at radius 2 is 1.39 bits per heavy atom. The van der Waals surface area contributed by atoms with Gasteiger partial charge in [-0.25, -0.2) is 13.6 Å². The lowest BCUT2D eigenvalue weighted by atomic mass is 9.86. The molecule has 0 spiro atoms. The Morgan fingerprint density at radius 3 is 1.67 bits per heavy atom. The predicted octanol–water partition coefficient (Wildman–Crippen LogP) is 2.68. The maximum absolute atomic E-state index is 11.7. The van der Waals surface area contributed by atoms with E-state index in [2.05, 4.69) is 20.8 Å². The van der Waals surface area contributed by atoms with E-state index in [0.29, 0.717) is 19.4 Å². The first kappa shape index (κ1) is 17.9.